The Balaban J connectivity index is 3.10. The molecule has 0 aromatic heterocycles. The van der Waals surface area contributed by atoms with Crippen LogP contribution in [-0.4, -0.2) is 25.5 Å². The molecular formula is C10H23N3O. The van der Waals surface area contributed by atoms with Crippen molar-refractivity contribution in [1.29, 1.82) is 0 Å². The summed E-state index contributed by atoms with van der Waals surface area (Å²) < 4.78 is 0. The zero-order valence-electron chi connectivity index (χ0n) is 8.93. The molecule has 0 saturated carbocycles. The van der Waals surface area contributed by atoms with E-state index in [9.17, 15) is 4.79 Å². The lowest BCUT2D eigenvalue weighted by Crippen LogP contribution is -2.25. The maximum absolute atomic E-state index is 11.2. The summed E-state index contributed by atoms with van der Waals surface area (Å²) in [6, 6.07) is 0. The van der Waals surface area contributed by atoms with Gasteiger partial charge in [-0.05, 0) is 32.4 Å². The zero-order chi connectivity index (χ0) is 10.6. The van der Waals surface area contributed by atoms with Gasteiger partial charge in [-0.15, -0.1) is 0 Å². The van der Waals surface area contributed by atoms with Crippen molar-refractivity contribution in [2.45, 2.75) is 38.5 Å². The van der Waals surface area contributed by atoms with E-state index in [0.717, 1.165) is 38.6 Å². The topological polar surface area (TPSA) is 81.1 Å². The van der Waals surface area contributed by atoms with Gasteiger partial charge in [0.15, 0.2) is 0 Å². The molecule has 0 aliphatic carbocycles. The van der Waals surface area contributed by atoms with Crippen molar-refractivity contribution in [1.82, 2.24) is 5.32 Å². The third-order valence-corrected chi connectivity index (χ3v) is 2.06. The Morgan fingerprint density at radius 2 is 1.57 bits per heavy atom. The van der Waals surface area contributed by atoms with E-state index in [4.69, 9.17) is 11.5 Å². The fraction of sp³-hybridized carbons (Fsp3) is 0.900. The van der Waals surface area contributed by atoms with Gasteiger partial charge in [0.1, 0.15) is 0 Å². The third-order valence-electron chi connectivity index (χ3n) is 2.06. The number of carbonyl (C=O) groups excluding carboxylic acids is 1. The van der Waals surface area contributed by atoms with Crippen LogP contribution in [0.2, 0.25) is 0 Å². The molecular weight excluding hydrogens is 178 g/mol. The highest BCUT2D eigenvalue weighted by molar-refractivity contribution is 5.75. The van der Waals surface area contributed by atoms with Crippen LogP contribution < -0.4 is 16.8 Å². The molecule has 5 N–H and O–H groups in total. The van der Waals surface area contributed by atoms with E-state index in [1.807, 2.05) is 0 Å². The van der Waals surface area contributed by atoms with E-state index in [1.165, 1.54) is 0 Å². The first-order valence-corrected chi connectivity index (χ1v) is 5.48. The SMILES string of the molecule is NCCCCCCC(=O)NCCCN. The van der Waals surface area contributed by atoms with E-state index < -0.39 is 0 Å². The van der Waals surface area contributed by atoms with Crippen LogP contribution in [-0.2, 0) is 4.79 Å². The summed E-state index contributed by atoms with van der Waals surface area (Å²) in [5, 5.41) is 2.83. The maximum atomic E-state index is 11.2. The molecule has 0 aromatic carbocycles. The standard InChI is InChI=1S/C10H23N3O/c11-7-4-2-1-3-6-10(14)13-9-5-8-12/h1-9,11-12H2,(H,13,14). The Morgan fingerprint density at radius 1 is 0.929 bits per heavy atom. The summed E-state index contributed by atoms with van der Waals surface area (Å²) in [7, 11) is 0. The first-order chi connectivity index (χ1) is 6.81. The molecule has 1 amide bonds. The molecule has 0 aliphatic rings. The van der Waals surface area contributed by atoms with E-state index in [1.54, 1.807) is 0 Å². The van der Waals surface area contributed by atoms with E-state index in [2.05, 4.69) is 5.32 Å². The minimum atomic E-state index is 0.145. The highest BCUT2D eigenvalue weighted by Gasteiger charge is 1.99. The van der Waals surface area contributed by atoms with E-state index >= 15 is 0 Å². The van der Waals surface area contributed by atoms with Gasteiger partial charge >= 0.3 is 0 Å². The molecule has 0 fully saturated rings. The maximum Gasteiger partial charge on any atom is 0.219 e. The molecule has 0 saturated heterocycles. The number of carbonyl (C=O) groups is 1. The van der Waals surface area contributed by atoms with Crippen LogP contribution in [0, 0.1) is 0 Å². The van der Waals surface area contributed by atoms with E-state index in [0.29, 0.717) is 19.5 Å². The number of rotatable bonds is 9. The second-order valence-electron chi connectivity index (χ2n) is 3.45. The molecule has 0 rings (SSSR count). The number of unbranched alkanes of at least 4 members (excludes halogenated alkanes) is 3. The zero-order valence-corrected chi connectivity index (χ0v) is 8.93. The van der Waals surface area contributed by atoms with Gasteiger partial charge in [-0.2, -0.15) is 0 Å². The first-order valence-electron chi connectivity index (χ1n) is 5.48. The Bertz CT molecular complexity index is 139. The van der Waals surface area contributed by atoms with Gasteiger partial charge in [0, 0.05) is 13.0 Å². The molecule has 4 nitrogen and oxygen atoms in total. The summed E-state index contributed by atoms with van der Waals surface area (Å²) in [5.74, 6) is 0.145. The molecule has 0 atom stereocenters. The van der Waals surface area contributed by atoms with Gasteiger partial charge in [0.25, 0.3) is 0 Å². The van der Waals surface area contributed by atoms with Gasteiger partial charge < -0.3 is 16.8 Å². The average molecular weight is 201 g/mol. The van der Waals surface area contributed by atoms with Crippen LogP contribution in [0.3, 0.4) is 0 Å². The fourth-order valence-corrected chi connectivity index (χ4v) is 1.20. The third kappa shape index (κ3) is 9.48. The highest BCUT2D eigenvalue weighted by Crippen LogP contribution is 2.01. The molecule has 84 valence electrons. The number of hydrogen-bond acceptors (Lipinski definition) is 3. The Morgan fingerprint density at radius 3 is 2.21 bits per heavy atom. The molecule has 4 heteroatoms. The number of nitrogens with two attached hydrogens (primary N) is 2. The quantitative estimate of drug-likeness (QED) is 0.471. The van der Waals surface area contributed by atoms with Gasteiger partial charge in [-0.1, -0.05) is 12.8 Å². The molecule has 0 spiro atoms. The summed E-state index contributed by atoms with van der Waals surface area (Å²) in [4.78, 5) is 11.2. The molecule has 0 unspecified atom stereocenters. The molecule has 0 aliphatic heterocycles. The molecule has 0 aromatic rings. The van der Waals surface area contributed by atoms with Crippen molar-refractivity contribution >= 4 is 5.91 Å². The van der Waals surface area contributed by atoms with Crippen LogP contribution in [0.25, 0.3) is 0 Å². The molecule has 0 radical (unpaired) electrons. The minimum Gasteiger partial charge on any atom is -0.356 e. The number of nitrogens with one attached hydrogen (secondary N) is 1. The summed E-state index contributed by atoms with van der Waals surface area (Å²) in [6.45, 7) is 2.09. The van der Waals surface area contributed by atoms with Crippen molar-refractivity contribution in [2.75, 3.05) is 19.6 Å². The van der Waals surface area contributed by atoms with Crippen LogP contribution >= 0.6 is 0 Å². The lowest BCUT2D eigenvalue weighted by atomic mass is 10.1. The lowest BCUT2D eigenvalue weighted by Gasteiger charge is -2.03. The number of hydrogen-bond donors (Lipinski definition) is 3. The summed E-state index contributed by atoms with van der Waals surface area (Å²) in [5.41, 5.74) is 10.7. The predicted molar refractivity (Wildman–Crippen MR) is 58.8 cm³/mol. The summed E-state index contributed by atoms with van der Waals surface area (Å²) >= 11 is 0. The fourth-order valence-electron chi connectivity index (χ4n) is 1.20. The van der Waals surface area contributed by atoms with Gasteiger partial charge in [0.2, 0.25) is 5.91 Å². The molecule has 0 heterocycles. The number of amides is 1. The smallest absolute Gasteiger partial charge is 0.219 e. The van der Waals surface area contributed by atoms with Crippen LogP contribution in [0.4, 0.5) is 0 Å². The monoisotopic (exact) mass is 201 g/mol. The van der Waals surface area contributed by atoms with Crippen LogP contribution in [0.15, 0.2) is 0 Å². The van der Waals surface area contributed by atoms with Crippen LogP contribution in [0.1, 0.15) is 38.5 Å². The van der Waals surface area contributed by atoms with Crippen molar-refractivity contribution < 1.29 is 4.79 Å². The summed E-state index contributed by atoms with van der Waals surface area (Å²) in [6.07, 6.45) is 5.76. The van der Waals surface area contributed by atoms with Gasteiger partial charge in [-0.3, -0.25) is 4.79 Å². The van der Waals surface area contributed by atoms with Gasteiger partial charge in [-0.25, -0.2) is 0 Å². The molecule has 0 bridgehead atoms. The second-order valence-corrected chi connectivity index (χ2v) is 3.45. The van der Waals surface area contributed by atoms with Crippen molar-refractivity contribution in [3.8, 4) is 0 Å². The van der Waals surface area contributed by atoms with Crippen LogP contribution in [0.5, 0.6) is 0 Å². The Hall–Kier alpha value is -0.610. The van der Waals surface area contributed by atoms with Crippen molar-refractivity contribution in [2.24, 2.45) is 11.5 Å². The van der Waals surface area contributed by atoms with Crippen molar-refractivity contribution in [3.63, 3.8) is 0 Å². The average Bonchev–Trinajstić information content (AvgIpc) is 2.18. The molecule has 14 heavy (non-hydrogen) atoms. The van der Waals surface area contributed by atoms with E-state index in [-0.39, 0.29) is 5.91 Å². The lowest BCUT2D eigenvalue weighted by molar-refractivity contribution is -0.121. The largest absolute Gasteiger partial charge is 0.356 e. The predicted octanol–water partition coefficient (Wildman–Crippen LogP) is 0.361. The Labute approximate surface area is 86.4 Å². The minimum absolute atomic E-state index is 0.145. The normalized spacial score (nSPS) is 10.1. The first kappa shape index (κ1) is 13.4. The van der Waals surface area contributed by atoms with Gasteiger partial charge in [0.05, 0.1) is 0 Å². The highest BCUT2D eigenvalue weighted by atomic mass is 16.1. The van der Waals surface area contributed by atoms with Crippen molar-refractivity contribution in [3.05, 3.63) is 0 Å². The Kier molecular flexibility index (Phi) is 10.0. The second kappa shape index (κ2) is 10.5.